The minimum Gasteiger partial charge on any atom is -0.380 e. The highest BCUT2D eigenvalue weighted by Crippen LogP contribution is 1.99. The van der Waals surface area contributed by atoms with Gasteiger partial charge in [-0.25, -0.2) is 0 Å². The molecule has 0 aliphatic rings. The first-order valence-electron chi connectivity index (χ1n) is 5.95. The van der Waals surface area contributed by atoms with Crippen LogP contribution in [0.2, 0.25) is 0 Å². The van der Waals surface area contributed by atoms with Gasteiger partial charge in [0.1, 0.15) is 6.29 Å². The van der Waals surface area contributed by atoms with E-state index in [4.69, 9.17) is 12.2 Å². The zero-order chi connectivity index (χ0) is 14.0. The summed E-state index contributed by atoms with van der Waals surface area (Å²) in [6.07, 6.45) is 2.37. The molecule has 1 unspecified atom stereocenters. The Morgan fingerprint density at radius 2 is 2.00 bits per heavy atom. The van der Waals surface area contributed by atoms with E-state index in [1.807, 2.05) is 0 Å². The summed E-state index contributed by atoms with van der Waals surface area (Å²) in [4.78, 5) is 33.7. The van der Waals surface area contributed by atoms with Crippen LogP contribution in [-0.4, -0.2) is 35.6 Å². The maximum absolute atomic E-state index is 11.6. The Morgan fingerprint density at radius 3 is 2.50 bits per heavy atom. The number of carbonyl (C=O) groups is 3. The molecule has 102 valence electrons. The monoisotopic (exact) mass is 272 g/mol. The average molecular weight is 272 g/mol. The van der Waals surface area contributed by atoms with E-state index < -0.39 is 6.04 Å². The van der Waals surface area contributed by atoms with Gasteiger partial charge < -0.3 is 15.4 Å². The van der Waals surface area contributed by atoms with Gasteiger partial charge in [-0.3, -0.25) is 9.59 Å². The lowest BCUT2D eigenvalue weighted by atomic mass is 10.1. The summed E-state index contributed by atoms with van der Waals surface area (Å²) in [6, 6.07) is -0.553. The highest BCUT2D eigenvalue weighted by molar-refractivity contribution is 7.80. The lowest BCUT2D eigenvalue weighted by molar-refractivity contribution is -0.127. The summed E-state index contributed by atoms with van der Waals surface area (Å²) in [5, 5.41) is 5.58. The van der Waals surface area contributed by atoms with E-state index in [0.29, 0.717) is 30.8 Å². The molecule has 18 heavy (non-hydrogen) atoms. The van der Waals surface area contributed by atoms with Gasteiger partial charge >= 0.3 is 0 Å². The lowest BCUT2D eigenvalue weighted by Gasteiger charge is -2.14. The van der Waals surface area contributed by atoms with E-state index in [1.165, 1.54) is 6.92 Å². The second-order valence-electron chi connectivity index (χ2n) is 4.06. The molecule has 0 spiro atoms. The summed E-state index contributed by atoms with van der Waals surface area (Å²) in [6.45, 7) is 3.83. The number of hydrogen-bond donors (Lipinski definition) is 2. The first kappa shape index (κ1) is 16.7. The summed E-state index contributed by atoms with van der Waals surface area (Å²) in [7, 11) is 0. The molecule has 0 saturated carbocycles. The van der Waals surface area contributed by atoms with Crippen molar-refractivity contribution < 1.29 is 14.4 Å². The van der Waals surface area contributed by atoms with Crippen molar-refractivity contribution in [3.8, 4) is 0 Å². The molecule has 0 bridgehead atoms. The second-order valence-corrected chi connectivity index (χ2v) is 4.67. The van der Waals surface area contributed by atoms with E-state index in [-0.39, 0.29) is 18.1 Å². The molecule has 0 rings (SSSR count). The van der Waals surface area contributed by atoms with Crippen LogP contribution in [0.25, 0.3) is 0 Å². The van der Waals surface area contributed by atoms with Crippen molar-refractivity contribution in [1.29, 1.82) is 0 Å². The number of thiocarbonyl (C=S) groups is 1. The topological polar surface area (TPSA) is 75.3 Å². The maximum Gasteiger partial charge on any atom is 0.220 e. The summed E-state index contributed by atoms with van der Waals surface area (Å²) in [5.74, 6) is -0.303. The van der Waals surface area contributed by atoms with E-state index >= 15 is 0 Å². The predicted molar refractivity (Wildman–Crippen MR) is 73.4 cm³/mol. The van der Waals surface area contributed by atoms with Crippen LogP contribution < -0.4 is 10.6 Å². The number of ketones is 1. The van der Waals surface area contributed by atoms with Crippen LogP contribution in [0, 0.1) is 0 Å². The van der Waals surface area contributed by atoms with Gasteiger partial charge in [0.05, 0.1) is 11.0 Å². The molecule has 0 heterocycles. The summed E-state index contributed by atoms with van der Waals surface area (Å²) < 4.78 is 0. The number of carbonyl (C=O) groups excluding carboxylic acids is 3. The number of Topliss-reactive ketones (excluding diaryl/α,β-unsaturated/α-hetero) is 1. The normalized spacial score (nSPS) is 11.4. The molecular formula is C12H20N2O3S. The SMILES string of the molecule is CC(=O)C(CCC=O)NC(=O)CCCNC(C)=S. The lowest BCUT2D eigenvalue weighted by Crippen LogP contribution is -2.40. The zero-order valence-electron chi connectivity index (χ0n) is 10.8. The fourth-order valence-corrected chi connectivity index (χ4v) is 1.49. The van der Waals surface area contributed by atoms with Crippen molar-refractivity contribution in [2.24, 2.45) is 0 Å². The predicted octanol–water partition coefficient (Wildman–Crippen LogP) is 0.756. The largest absolute Gasteiger partial charge is 0.380 e. The average Bonchev–Trinajstić information content (AvgIpc) is 2.29. The van der Waals surface area contributed by atoms with Gasteiger partial charge in [0.25, 0.3) is 0 Å². The third-order valence-corrected chi connectivity index (χ3v) is 2.50. The van der Waals surface area contributed by atoms with Gasteiger partial charge in [-0.2, -0.15) is 0 Å². The molecular weight excluding hydrogens is 252 g/mol. The third-order valence-electron chi connectivity index (χ3n) is 2.35. The molecule has 0 aliphatic carbocycles. The molecule has 5 nitrogen and oxygen atoms in total. The molecule has 1 atom stereocenters. The fourth-order valence-electron chi connectivity index (χ4n) is 1.39. The minimum absolute atomic E-state index is 0.127. The van der Waals surface area contributed by atoms with E-state index in [0.717, 1.165) is 6.29 Å². The smallest absolute Gasteiger partial charge is 0.220 e. The van der Waals surface area contributed by atoms with Crippen LogP contribution in [0.15, 0.2) is 0 Å². The van der Waals surface area contributed by atoms with Crippen molar-refractivity contribution in [3.63, 3.8) is 0 Å². The van der Waals surface area contributed by atoms with Gasteiger partial charge in [0.15, 0.2) is 5.78 Å². The van der Waals surface area contributed by atoms with Crippen LogP contribution in [0.4, 0.5) is 0 Å². The summed E-state index contributed by atoms with van der Waals surface area (Å²) >= 11 is 4.84. The van der Waals surface area contributed by atoms with Gasteiger partial charge in [0.2, 0.25) is 5.91 Å². The Balaban J connectivity index is 3.91. The number of amides is 1. The van der Waals surface area contributed by atoms with E-state index in [1.54, 1.807) is 6.92 Å². The van der Waals surface area contributed by atoms with Crippen molar-refractivity contribution in [2.45, 2.75) is 45.6 Å². The van der Waals surface area contributed by atoms with Crippen molar-refractivity contribution in [2.75, 3.05) is 6.54 Å². The molecule has 0 saturated heterocycles. The molecule has 6 heteroatoms. The Bertz CT molecular complexity index is 318. The van der Waals surface area contributed by atoms with Gasteiger partial charge in [-0.1, -0.05) is 12.2 Å². The molecule has 2 N–H and O–H groups in total. The Morgan fingerprint density at radius 1 is 1.33 bits per heavy atom. The highest BCUT2D eigenvalue weighted by Gasteiger charge is 2.15. The third kappa shape index (κ3) is 8.81. The molecule has 0 aromatic carbocycles. The Labute approximate surface area is 113 Å². The first-order chi connectivity index (χ1) is 8.47. The molecule has 0 aliphatic heterocycles. The molecule has 0 aromatic rings. The Hall–Kier alpha value is -1.30. The Kier molecular flexibility index (Phi) is 9.00. The van der Waals surface area contributed by atoms with Crippen LogP contribution in [0.5, 0.6) is 0 Å². The fraction of sp³-hybridized carbons (Fsp3) is 0.667. The maximum atomic E-state index is 11.6. The van der Waals surface area contributed by atoms with Gasteiger partial charge in [-0.15, -0.1) is 0 Å². The number of rotatable bonds is 9. The molecule has 1 amide bonds. The second kappa shape index (κ2) is 9.70. The van der Waals surface area contributed by atoms with Crippen LogP contribution in [-0.2, 0) is 14.4 Å². The van der Waals surface area contributed by atoms with Crippen molar-refractivity contribution in [1.82, 2.24) is 10.6 Å². The molecule has 0 fully saturated rings. The molecule has 0 aromatic heterocycles. The number of nitrogens with one attached hydrogen (secondary N) is 2. The highest BCUT2D eigenvalue weighted by atomic mass is 32.1. The van der Waals surface area contributed by atoms with Crippen LogP contribution in [0.1, 0.15) is 39.5 Å². The van der Waals surface area contributed by atoms with E-state index in [2.05, 4.69) is 10.6 Å². The summed E-state index contributed by atoms with van der Waals surface area (Å²) in [5.41, 5.74) is 0. The number of hydrogen-bond acceptors (Lipinski definition) is 4. The van der Waals surface area contributed by atoms with E-state index in [9.17, 15) is 14.4 Å². The van der Waals surface area contributed by atoms with Crippen LogP contribution in [0.3, 0.4) is 0 Å². The minimum atomic E-state index is -0.553. The number of aldehydes is 1. The van der Waals surface area contributed by atoms with Crippen LogP contribution >= 0.6 is 12.2 Å². The first-order valence-corrected chi connectivity index (χ1v) is 6.36. The zero-order valence-corrected chi connectivity index (χ0v) is 11.6. The van der Waals surface area contributed by atoms with Crippen molar-refractivity contribution in [3.05, 3.63) is 0 Å². The quantitative estimate of drug-likeness (QED) is 0.368. The van der Waals surface area contributed by atoms with Crippen molar-refractivity contribution >= 4 is 35.2 Å². The molecule has 0 radical (unpaired) electrons. The van der Waals surface area contributed by atoms with Gasteiger partial charge in [0, 0.05) is 19.4 Å². The standard InChI is InChI=1S/C12H20N2O3S/c1-9(16)11(5-4-8-15)14-12(17)6-3-7-13-10(2)18/h8,11H,3-7H2,1-2H3,(H,13,18)(H,14,17). The van der Waals surface area contributed by atoms with Gasteiger partial charge in [-0.05, 0) is 26.7 Å².